The molecule has 5 nitrogen and oxygen atoms in total. The summed E-state index contributed by atoms with van der Waals surface area (Å²) in [4.78, 5) is 20.1. The number of nitrogens with zero attached hydrogens (tertiary/aromatic N) is 2. The zero-order valence-electron chi connectivity index (χ0n) is 25.1. The van der Waals surface area contributed by atoms with E-state index in [-0.39, 0.29) is 11.6 Å². The van der Waals surface area contributed by atoms with Crippen molar-refractivity contribution >= 4 is 56.5 Å². The largest absolute Gasteiger partial charge is 0.493 e. The third kappa shape index (κ3) is 5.08. The Morgan fingerprint density at radius 3 is 2.59 bits per heavy atom. The predicted molar refractivity (Wildman–Crippen MR) is 193 cm³/mol. The van der Waals surface area contributed by atoms with Gasteiger partial charge < -0.3 is 9.47 Å². The van der Waals surface area contributed by atoms with E-state index in [0.29, 0.717) is 22.6 Å². The molecule has 0 saturated heterocycles. The number of aromatic nitrogens is 1. The molecule has 8 rings (SSSR count). The van der Waals surface area contributed by atoms with Gasteiger partial charge >= 0.3 is 0 Å². The molecule has 5 aromatic carbocycles. The van der Waals surface area contributed by atoms with E-state index in [4.69, 9.17) is 14.5 Å². The Balaban J connectivity index is 1.20. The van der Waals surface area contributed by atoms with Crippen LogP contribution in [0.3, 0.4) is 0 Å². The van der Waals surface area contributed by atoms with Crippen LogP contribution in [0.15, 0.2) is 125 Å². The van der Waals surface area contributed by atoms with Crippen LogP contribution >= 0.6 is 33.9 Å². The summed E-state index contributed by atoms with van der Waals surface area (Å²) < 4.78 is 15.6. The molecule has 6 aromatic rings. The topological polar surface area (TPSA) is 52.8 Å². The molecule has 2 aliphatic rings. The van der Waals surface area contributed by atoms with Crippen molar-refractivity contribution in [3.63, 3.8) is 0 Å². The number of benzene rings is 5. The van der Waals surface area contributed by atoms with Crippen molar-refractivity contribution in [2.45, 2.75) is 25.5 Å². The van der Waals surface area contributed by atoms with Gasteiger partial charge in [0.15, 0.2) is 16.3 Å². The normalized spacial score (nSPS) is 15.6. The Morgan fingerprint density at radius 2 is 1.72 bits per heavy atom. The van der Waals surface area contributed by atoms with Gasteiger partial charge in [0.05, 0.1) is 27.0 Å². The molecule has 0 radical (unpaired) electrons. The summed E-state index contributed by atoms with van der Waals surface area (Å²) in [7, 11) is 1.65. The summed E-state index contributed by atoms with van der Waals surface area (Å²) in [6.07, 6.45) is 3.75. The lowest BCUT2D eigenvalue weighted by Gasteiger charge is -2.30. The average molecular weight is 733 g/mol. The van der Waals surface area contributed by atoms with Gasteiger partial charge in [0, 0.05) is 5.56 Å². The molecule has 0 saturated carbocycles. The number of methoxy groups -OCH3 is 1. The number of hydrogen-bond donors (Lipinski definition) is 0. The van der Waals surface area contributed by atoms with E-state index in [1.54, 1.807) is 7.11 Å². The second-order valence-electron chi connectivity index (χ2n) is 11.5. The van der Waals surface area contributed by atoms with E-state index in [1.165, 1.54) is 38.8 Å². The Morgan fingerprint density at radius 1 is 0.935 bits per heavy atom. The van der Waals surface area contributed by atoms with Crippen molar-refractivity contribution in [3.8, 4) is 11.5 Å². The molecule has 2 heterocycles. The first-order valence-electron chi connectivity index (χ1n) is 15.2. The Hall–Kier alpha value is -4.47. The number of ether oxygens (including phenoxy) is 2. The standard InChI is InChI=1S/C39H29IN2O3S/c1-44-33-21-24(20-32(40)37(33)45-23-28-15-9-14-25-10-5-7-16-29(25)28)22-34-38(43)42-36(27-12-3-2-4-13-27)31-19-18-26-11-6-8-17-30(26)35(31)41-39(42)46-34/h2-17,20-22,36H,18-19,23H2,1H3/b34-22-/t36-/m0/s1. The number of rotatable bonds is 6. The second-order valence-corrected chi connectivity index (χ2v) is 13.7. The Kier molecular flexibility index (Phi) is 7.58. The van der Waals surface area contributed by atoms with Gasteiger partial charge in [0.2, 0.25) is 0 Å². The fourth-order valence-electron chi connectivity index (χ4n) is 6.64. The molecule has 7 heteroatoms. The van der Waals surface area contributed by atoms with Gasteiger partial charge in [-0.05, 0) is 92.2 Å². The van der Waals surface area contributed by atoms with Crippen molar-refractivity contribution < 1.29 is 9.47 Å². The predicted octanol–water partition coefficient (Wildman–Crippen LogP) is 7.66. The average Bonchev–Trinajstić information content (AvgIpc) is 3.40. The highest BCUT2D eigenvalue weighted by Crippen LogP contribution is 2.41. The lowest BCUT2D eigenvalue weighted by Crippen LogP contribution is -2.38. The molecule has 1 atom stereocenters. The van der Waals surface area contributed by atoms with Gasteiger partial charge in [-0.2, -0.15) is 0 Å². The maximum atomic E-state index is 14.2. The van der Waals surface area contributed by atoms with E-state index in [1.807, 2.05) is 53.1 Å². The van der Waals surface area contributed by atoms with Gasteiger partial charge in [-0.25, -0.2) is 4.99 Å². The van der Waals surface area contributed by atoms with Crippen LogP contribution in [0.4, 0.5) is 0 Å². The maximum Gasteiger partial charge on any atom is 0.271 e. The summed E-state index contributed by atoms with van der Waals surface area (Å²) in [5.74, 6) is 1.31. The molecule has 1 aliphatic heterocycles. The zero-order valence-corrected chi connectivity index (χ0v) is 28.0. The lowest BCUT2D eigenvalue weighted by molar-refractivity contribution is 0.283. The van der Waals surface area contributed by atoms with E-state index < -0.39 is 0 Å². The molecule has 1 aromatic heterocycles. The van der Waals surface area contributed by atoms with Crippen molar-refractivity contribution in [2.24, 2.45) is 4.99 Å². The summed E-state index contributed by atoms with van der Waals surface area (Å²) >= 11 is 3.72. The SMILES string of the molecule is COc1cc(/C=c2\sc3n(c2=O)[C@@H](c2ccccc2)C2=C(N=3)c3ccccc3CC2)cc(I)c1OCc1cccc2ccccc12. The minimum atomic E-state index is -0.192. The quantitative estimate of drug-likeness (QED) is 0.165. The van der Waals surface area contributed by atoms with Crippen LogP contribution in [0.1, 0.15) is 40.3 Å². The first kappa shape index (κ1) is 29.0. The molecule has 0 unspecified atom stereocenters. The number of fused-ring (bicyclic) bond motifs is 4. The van der Waals surface area contributed by atoms with Crippen LogP contribution in [0.2, 0.25) is 0 Å². The van der Waals surface area contributed by atoms with Crippen molar-refractivity contribution in [3.05, 3.63) is 166 Å². The number of allylic oxidation sites excluding steroid dienone is 1. The maximum absolute atomic E-state index is 14.2. The minimum Gasteiger partial charge on any atom is -0.493 e. The van der Waals surface area contributed by atoms with Gasteiger partial charge in [0.1, 0.15) is 6.61 Å². The summed E-state index contributed by atoms with van der Waals surface area (Å²) in [6.45, 7) is 0.416. The van der Waals surface area contributed by atoms with Crippen LogP contribution < -0.4 is 24.4 Å². The third-order valence-corrected chi connectivity index (χ3v) is 10.6. The number of hydrogen-bond acceptors (Lipinski definition) is 5. The smallest absolute Gasteiger partial charge is 0.271 e. The van der Waals surface area contributed by atoms with Crippen molar-refractivity contribution in [1.82, 2.24) is 4.57 Å². The van der Waals surface area contributed by atoms with Crippen LogP contribution in [-0.4, -0.2) is 11.7 Å². The molecule has 46 heavy (non-hydrogen) atoms. The number of aryl methyl sites for hydroxylation is 1. The number of thiazole rings is 1. The van der Waals surface area contributed by atoms with Crippen LogP contribution in [0.5, 0.6) is 11.5 Å². The summed E-state index contributed by atoms with van der Waals surface area (Å²) in [5.41, 5.74) is 7.73. The van der Waals surface area contributed by atoms with Crippen molar-refractivity contribution in [2.75, 3.05) is 7.11 Å². The Bertz CT molecular complexity index is 2350. The second kappa shape index (κ2) is 12.0. The van der Waals surface area contributed by atoms with Crippen LogP contribution in [-0.2, 0) is 13.0 Å². The zero-order chi connectivity index (χ0) is 31.2. The fraction of sp³-hybridized carbons (Fsp3) is 0.128. The van der Waals surface area contributed by atoms with Crippen LogP contribution in [0.25, 0.3) is 22.5 Å². The van der Waals surface area contributed by atoms with Crippen molar-refractivity contribution in [1.29, 1.82) is 0 Å². The molecule has 0 N–H and O–H groups in total. The third-order valence-electron chi connectivity index (χ3n) is 8.79. The lowest BCUT2D eigenvalue weighted by atomic mass is 9.83. The molecule has 226 valence electrons. The van der Waals surface area contributed by atoms with E-state index in [2.05, 4.69) is 89.3 Å². The van der Waals surface area contributed by atoms with E-state index >= 15 is 0 Å². The Labute approximate surface area is 283 Å². The molecule has 0 spiro atoms. The van der Waals surface area contributed by atoms with Crippen LogP contribution in [0, 0.1) is 3.57 Å². The molecule has 1 aliphatic carbocycles. The van der Waals surface area contributed by atoms with Gasteiger partial charge in [-0.1, -0.05) is 108 Å². The first-order chi connectivity index (χ1) is 22.6. The van der Waals surface area contributed by atoms with Gasteiger partial charge in [-0.15, -0.1) is 0 Å². The number of halogens is 1. The fourth-order valence-corrected chi connectivity index (χ4v) is 8.42. The molecular weight excluding hydrogens is 703 g/mol. The molecular formula is C39H29IN2O3S. The van der Waals surface area contributed by atoms with E-state index in [9.17, 15) is 4.79 Å². The molecule has 0 fully saturated rings. The van der Waals surface area contributed by atoms with Gasteiger partial charge in [0.25, 0.3) is 5.56 Å². The highest BCUT2D eigenvalue weighted by Gasteiger charge is 2.32. The summed E-state index contributed by atoms with van der Waals surface area (Å²) in [5, 5.41) is 2.35. The monoisotopic (exact) mass is 732 g/mol. The molecule has 0 amide bonds. The minimum absolute atomic E-state index is 0.0340. The first-order valence-corrected chi connectivity index (χ1v) is 17.1. The molecule has 0 bridgehead atoms. The highest BCUT2D eigenvalue weighted by atomic mass is 127. The van der Waals surface area contributed by atoms with E-state index in [0.717, 1.165) is 43.6 Å². The van der Waals surface area contributed by atoms with Gasteiger partial charge in [-0.3, -0.25) is 9.36 Å². The summed E-state index contributed by atoms with van der Waals surface area (Å²) in [6, 6.07) is 37.2. The highest BCUT2D eigenvalue weighted by molar-refractivity contribution is 14.1.